The van der Waals surface area contributed by atoms with Crippen LogP contribution in [-0.4, -0.2) is 38.7 Å². The average Bonchev–Trinajstić information content (AvgIpc) is 3.46. The third kappa shape index (κ3) is 3.88. The fraction of sp³-hybridized carbons (Fsp3) is 0.308. The van der Waals surface area contributed by atoms with E-state index in [-0.39, 0.29) is 30.2 Å². The van der Waals surface area contributed by atoms with Crippen LogP contribution in [-0.2, 0) is 14.4 Å². The van der Waals surface area contributed by atoms with Crippen molar-refractivity contribution in [2.75, 3.05) is 11.9 Å². The molecular formula is C26H26N4O3S. The van der Waals surface area contributed by atoms with Gasteiger partial charge in [-0.3, -0.25) is 19.3 Å². The number of hydrogen-bond acceptors (Lipinski definition) is 5. The monoisotopic (exact) mass is 474 g/mol. The number of allylic oxidation sites excluding steroid dienone is 2. The number of aromatic nitrogens is 2. The van der Waals surface area contributed by atoms with Crippen molar-refractivity contribution in [3.05, 3.63) is 64.8 Å². The van der Waals surface area contributed by atoms with Crippen molar-refractivity contribution in [3.8, 4) is 16.9 Å². The number of aryl methyl sites for hydroxylation is 2. The van der Waals surface area contributed by atoms with E-state index >= 15 is 0 Å². The standard InChI is InChI=1S/C26H26N4O3S/c1-15-8-10-18(11-9-15)30-16(2)12-21(17(30)3)22-14-34-26(27-22)28-23(31)13-29-24(32)19-6-4-5-7-20(19)25(29)33/h4-5,8-12,14,19-20H,6-7,13H2,1-3H3,(H,27,28,31). The molecule has 3 heterocycles. The second kappa shape index (κ2) is 8.68. The van der Waals surface area contributed by atoms with Crippen LogP contribution in [0.15, 0.2) is 47.9 Å². The zero-order valence-corrected chi connectivity index (χ0v) is 20.2. The van der Waals surface area contributed by atoms with E-state index in [4.69, 9.17) is 0 Å². The van der Waals surface area contributed by atoms with Crippen molar-refractivity contribution in [1.29, 1.82) is 0 Å². The Balaban J connectivity index is 1.30. The summed E-state index contributed by atoms with van der Waals surface area (Å²) in [5.41, 5.74) is 6.23. The van der Waals surface area contributed by atoms with Crippen LogP contribution < -0.4 is 5.32 Å². The lowest BCUT2D eigenvalue weighted by Gasteiger charge is -2.14. The highest BCUT2D eigenvalue weighted by Gasteiger charge is 2.47. The van der Waals surface area contributed by atoms with Gasteiger partial charge in [0.05, 0.1) is 17.5 Å². The lowest BCUT2D eigenvalue weighted by molar-refractivity contribution is -0.142. The summed E-state index contributed by atoms with van der Waals surface area (Å²) in [6.45, 7) is 5.90. The quantitative estimate of drug-likeness (QED) is 0.438. The van der Waals surface area contributed by atoms with Gasteiger partial charge in [-0.1, -0.05) is 29.8 Å². The number of hydrogen-bond donors (Lipinski definition) is 1. The summed E-state index contributed by atoms with van der Waals surface area (Å²) in [6.07, 6.45) is 4.99. The van der Waals surface area contributed by atoms with E-state index in [0.717, 1.165) is 33.2 Å². The summed E-state index contributed by atoms with van der Waals surface area (Å²) in [6, 6.07) is 10.5. The SMILES string of the molecule is Cc1ccc(-n2c(C)cc(-c3csc(NC(=O)CN4C(=O)C5CC=CCC5C4=O)n3)c2C)cc1. The minimum absolute atomic E-state index is 0.252. The number of rotatable bonds is 5. The number of benzene rings is 1. The summed E-state index contributed by atoms with van der Waals surface area (Å²) < 4.78 is 2.19. The maximum Gasteiger partial charge on any atom is 0.246 e. The summed E-state index contributed by atoms with van der Waals surface area (Å²) in [5.74, 6) is -1.59. The van der Waals surface area contributed by atoms with E-state index in [2.05, 4.69) is 66.0 Å². The number of fused-ring (bicyclic) bond motifs is 1. The Morgan fingerprint density at radius 3 is 2.35 bits per heavy atom. The van der Waals surface area contributed by atoms with Gasteiger partial charge in [-0.2, -0.15) is 0 Å². The van der Waals surface area contributed by atoms with Gasteiger partial charge >= 0.3 is 0 Å². The molecule has 1 fully saturated rings. The van der Waals surface area contributed by atoms with Crippen LogP contribution in [0.4, 0.5) is 5.13 Å². The van der Waals surface area contributed by atoms with Gasteiger partial charge in [-0.15, -0.1) is 11.3 Å². The van der Waals surface area contributed by atoms with Crippen LogP contribution in [0, 0.1) is 32.6 Å². The minimum Gasteiger partial charge on any atom is -0.318 e. The van der Waals surface area contributed by atoms with Crippen molar-refractivity contribution < 1.29 is 14.4 Å². The zero-order valence-electron chi connectivity index (χ0n) is 19.4. The Kier molecular flexibility index (Phi) is 5.69. The maximum atomic E-state index is 12.6. The van der Waals surface area contributed by atoms with Crippen molar-refractivity contribution in [3.63, 3.8) is 0 Å². The van der Waals surface area contributed by atoms with Crippen LogP contribution in [0.5, 0.6) is 0 Å². The number of amides is 3. The molecular weight excluding hydrogens is 448 g/mol. The van der Waals surface area contributed by atoms with Gasteiger partial charge in [0.1, 0.15) is 6.54 Å². The molecule has 1 saturated heterocycles. The minimum atomic E-state index is -0.417. The fourth-order valence-electron chi connectivity index (χ4n) is 4.90. The number of nitrogens with zero attached hydrogens (tertiary/aromatic N) is 3. The van der Waals surface area contributed by atoms with Gasteiger partial charge in [0.25, 0.3) is 0 Å². The van der Waals surface area contributed by atoms with Crippen LogP contribution in [0.3, 0.4) is 0 Å². The van der Waals surface area contributed by atoms with Gasteiger partial charge in [0, 0.05) is 28.0 Å². The Morgan fingerprint density at radius 2 is 1.71 bits per heavy atom. The van der Waals surface area contributed by atoms with Crippen LogP contribution in [0.1, 0.15) is 29.8 Å². The van der Waals surface area contributed by atoms with E-state index in [1.165, 1.54) is 16.9 Å². The number of imide groups is 1. The smallest absolute Gasteiger partial charge is 0.246 e. The largest absolute Gasteiger partial charge is 0.318 e. The average molecular weight is 475 g/mol. The molecule has 0 spiro atoms. The first-order valence-electron chi connectivity index (χ1n) is 11.4. The number of anilines is 1. The molecule has 2 aromatic heterocycles. The van der Waals surface area contributed by atoms with Crippen LogP contribution in [0.25, 0.3) is 16.9 Å². The molecule has 8 heteroatoms. The first-order valence-corrected chi connectivity index (χ1v) is 12.2. The third-order valence-corrected chi connectivity index (χ3v) is 7.41. The number of carbonyl (C=O) groups is 3. The highest BCUT2D eigenvalue weighted by Crippen LogP contribution is 2.35. The number of carbonyl (C=O) groups excluding carboxylic acids is 3. The van der Waals surface area contributed by atoms with Gasteiger partial charge < -0.3 is 9.88 Å². The van der Waals surface area contributed by atoms with Crippen molar-refractivity contribution >= 4 is 34.2 Å². The molecule has 1 aliphatic heterocycles. The number of thiazole rings is 1. The van der Waals surface area contributed by atoms with E-state index in [1.54, 1.807) is 0 Å². The Hall–Kier alpha value is -3.52. The first-order chi connectivity index (χ1) is 16.3. The summed E-state index contributed by atoms with van der Waals surface area (Å²) >= 11 is 1.32. The van der Waals surface area contributed by atoms with Crippen molar-refractivity contribution in [1.82, 2.24) is 14.5 Å². The molecule has 5 rings (SSSR count). The molecule has 0 radical (unpaired) electrons. The van der Waals surface area contributed by atoms with E-state index in [0.29, 0.717) is 18.0 Å². The highest BCUT2D eigenvalue weighted by atomic mass is 32.1. The molecule has 1 aromatic carbocycles. The number of nitrogens with one attached hydrogen (secondary N) is 1. The molecule has 1 N–H and O–H groups in total. The normalized spacial score (nSPS) is 19.6. The summed E-state index contributed by atoms with van der Waals surface area (Å²) in [5, 5.41) is 5.11. The van der Waals surface area contributed by atoms with E-state index < -0.39 is 5.91 Å². The molecule has 0 bridgehead atoms. The lowest BCUT2D eigenvalue weighted by Crippen LogP contribution is -2.38. The van der Waals surface area contributed by atoms with Crippen LogP contribution >= 0.6 is 11.3 Å². The van der Waals surface area contributed by atoms with E-state index in [1.807, 2.05) is 17.5 Å². The van der Waals surface area contributed by atoms with Gasteiger partial charge in [0.2, 0.25) is 17.7 Å². The molecule has 3 aromatic rings. The Labute approximate surface area is 202 Å². The number of likely N-dealkylation sites (tertiary alicyclic amines) is 1. The molecule has 3 amide bonds. The second-order valence-electron chi connectivity index (χ2n) is 8.96. The highest BCUT2D eigenvalue weighted by molar-refractivity contribution is 7.14. The molecule has 7 nitrogen and oxygen atoms in total. The first kappa shape index (κ1) is 22.3. The molecule has 34 heavy (non-hydrogen) atoms. The predicted octanol–water partition coefficient (Wildman–Crippen LogP) is 4.42. The second-order valence-corrected chi connectivity index (χ2v) is 9.82. The van der Waals surface area contributed by atoms with Crippen molar-refractivity contribution in [2.45, 2.75) is 33.6 Å². The van der Waals surface area contributed by atoms with Crippen molar-refractivity contribution in [2.24, 2.45) is 11.8 Å². The molecule has 0 saturated carbocycles. The molecule has 2 aliphatic rings. The lowest BCUT2D eigenvalue weighted by atomic mass is 9.85. The van der Waals surface area contributed by atoms with Crippen LogP contribution in [0.2, 0.25) is 0 Å². The zero-order chi connectivity index (χ0) is 24.0. The maximum absolute atomic E-state index is 12.6. The predicted molar refractivity (Wildman–Crippen MR) is 132 cm³/mol. The topological polar surface area (TPSA) is 84.3 Å². The van der Waals surface area contributed by atoms with E-state index in [9.17, 15) is 14.4 Å². The van der Waals surface area contributed by atoms with Gasteiger partial charge in [-0.05, 0) is 51.8 Å². The molecule has 1 aliphatic carbocycles. The fourth-order valence-corrected chi connectivity index (χ4v) is 5.62. The van der Waals surface area contributed by atoms with Gasteiger partial charge in [-0.25, -0.2) is 4.98 Å². The third-order valence-electron chi connectivity index (χ3n) is 6.65. The Morgan fingerprint density at radius 1 is 1.06 bits per heavy atom. The summed E-state index contributed by atoms with van der Waals surface area (Å²) in [4.78, 5) is 43.6. The van der Waals surface area contributed by atoms with Gasteiger partial charge in [0.15, 0.2) is 5.13 Å². The Bertz CT molecular complexity index is 1290. The molecule has 174 valence electrons. The molecule has 2 atom stereocenters. The summed E-state index contributed by atoms with van der Waals surface area (Å²) in [7, 11) is 0. The molecule has 2 unspecified atom stereocenters.